The first-order valence-corrected chi connectivity index (χ1v) is 9.72. The fourth-order valence-corrected chi connectivity index (χ4v) is 4.14. The quantitative estimate of drug-likeness (QED) is 0.500. The van der Waals surface area contributed by atoms with E-state index < -0.39 is 25.5 Å². The van der Waals surface area contributed by atoms with Gasteiger partial charge in [-0.2, -0.15) is 5.10 Å². The van der Waals surface area contributed by atoms with Gasteiger partial charge in [0.1, 0.15) is 5.82 Å². The molecule has 146 valence electrons. The second kappa shape index (κ2) is 7.39. The van der Waals surface area contributed by atoms with E-state index in [2.05, 4.69) is 9.82 Å². The van der Waals surface area contributed by atoms with Gasteiger partial charge in [0.15, 0.2) is 4.90 Å². The van der Waals surface area contributed by atoms with Crippen LogP contribution < -0.4 is 4.72 Å². The molecule has 1 N–H and O–H groups in total. The van der Waals surface area contributed by atoms with Crippen molar-refractivity contribution in [2.45, 2.75) is 25.3 Å². The fourth-order valence-electron chi connectivity index (χ4n) is 2.79. The Kier molecular flexibility index (Phi) is 5.14. The molecule has 1 aromatic heterocycles. The molecule has 0 atom stereocenters. The third-order valence-corrected chi connectivity index (χ3v) is 5.61. The molecule has 2 aromatic carbocycles. The first kappa shape index (κ1) is 19.5. The average Bonchev–Trinajstić information content (AvgIpc) is 2.90. The van der Waals surface area contributed by atoms with Crippen LogP contribution in [0.1, 0.15) is 17.0 Å². The first-order valence-electron chi connectivity index (χ1n) is 8.24. The fraction of sp³-hybridized carbons (Fsp3) is 0.167. The van der Waals surface area contributed by atoms with E-state index in [4.69, 9.17) is 0 Å². The largest absolute Gasteiger partial charge is 0.289 e. The van der Waals surface area contributed by atoms with Gasteiger partial charge in [0.05, 0.1) is 28.5 Å². The SMILES string of the molecule is Cc1nn(Cc2ccc(F)cc2)c(C)c1NS(=O)(=O)c1ccccc1[N+](=O)[O-]. The lowest BCUT2D eigenvalue weighted by atomic mass is 10.2. The summed E-state index contributed by atoms with van der Waals surface area (Å²) in [5.74, 6) is -0.352. The van der Waals surface area contributed by atoms with Crippen LogP contribution in [0.5, 0.6) is 0 Å². The van der Waals surface area contributed by atoms with Gasteiger partial charge in [-0.3, -0.25) is 19.5 Å². The van der Waals surface area contributed by atoms with E-state index in [1.54, 1.807) is 30.7 Å². The predicted octanol–water partition coefficient (Wildman–Crippen LogP) is 3.40. The van der Waals surface area contributed by atoms with Gasteiger partial charge in [-0.1, -0.05) is 24.3 Å². The van der Waals surface area contributed by atoms with Crippen molar-refractivity contribution < 1.29 is 17.7 Å². The molecule has 10 heteroatoms. The molecule has 0 radical (unpaired) electrons. The summed E-state index contributed by atoms with van der Waals surface area (Å²) >= 11 is 0. The highest BCUT2D eigenvalue weighted by Gasteiger charge is 2.27. The molecule has 0 bridgehead atoms. The molecular weight excluding hydrogens is 387 g/mol. The number of benzene rings is 2. The smallest absolute Gasteiger partial charge is 0.276 e. The number of para-hydroxylation sites is 1. The second-order valence-corrected chi connectivity index (χ2v) is 7.81. The molecule has 28 heavy (non-hydrogen) atoms. The Morgan fingerprint density at radius 3 is 2.43 bits per heavy atom. The molecular formula is C18H17FN4O4S. The first-order chi connectivity index (χ1) is 13.2. The molecule has 0 unspecified atom stereocenters. The number of nitro benzene ring substituents is 1. The number of aromatic nitrogens is 2. The normalized spacial score (nSPS) is 11.4. The Morgan fingerprint density at radius 1 is 1.14 bits per heavy atom. The predicted molar refractivity (Wildman–Crippen MR) is 101 cm³/mol. The molecule has 0 amide bonds. The summed E-state index contributed by atoms with van der Waals surface area (Å²) in [7, 11) is -4.19. The van der Waals surface area contributed by atoms with Gasteiger partial charge in [-0.25, -0.2) is 12.8 Å². The molecule has 1 heterocycles. The van der Waals surface area contributed by atoms with E-state index >= 15 is 0 Å². The molecule has 0 aliphatic heterocycles. The number of anilines is 1. The summed E-state index contributed by atoms with van der Waals surface area (Å²) in [6.45, 7) is 3.63. The van der Waals surface area contributed by atoms with Crippen LogP contribution in [0.2, 0.25) is 0 Å². The summed E-state index contributed by atoms with van der Waals surface area (Å²) in [5, 5.41) is 15.5. The zero-order valence-electron chi connectivity index (χ0n) is 15.1. The van der Waals surface area contributed by atoms with Gasteiger partial charge in [-0.05, 0) is 37.6 Å². The van der Waals surface area contributed by atoms with E-state index in [9.17, 15) is 22.9 Å². The van der Waals surface area contributed by atoms with Gasteiger partial charge in [0.25, 0.3) is 15.7 Å². The molecule has 0 aliphatic rings. The van der Waals surface area contributed by atoms with Crippen molar-refractivity contribution in [3.63, 3.8) is 0 Å². The van der Waals surface area contributed by atoms with E-state index in [1.165, 1.54) is 30.3 Å². The van der Waals surface area contributed by atoms with Crippen molar-refractivity contribution in [2.75, 3.05) is 4.72 Å². The van der Waals surface area contributed by atoms with Crippen molar-refractivity contribution >= 4 is 21.4 Å². The van der Waals surface area contributed by atoms with Crippen LogP contribution >= 0.6 is 0 Å². The van der Waals surface area contributed by atoms with Crippen LogP contribution in [0.25, 0.3) is 0 Å². The van der Waals surface area contributed by atoms with Crippen molar-refractivity contribution in [2.24, 2.45) is 0 Å². The third kappa shape index (κ3) is 3.86. The monoisotopic (exact) mass is 404 g/mol. The van der Waals surface area contributed by atoms with Crippen LogP contribution in [-0.4, -0.2) is 23.1 Å². The van der Waals surface area contributed by atoms with Crippen molar-refractivity contribution in [3.8, 4) is 0 Å². The molecule has 8 nitrogen and oxygen atoms in total. The number of rotatable bonds is 6. The third-order valence-electron chi connectivity index (χ3n) is 4.21. The van der Waals surface area contributed by atoms with E-state index in [0.717, 1.165) is 11.6 Å². The van der Waals surface area contributed by atoms with Crippen LogP contribution in [0.4, 0.5) is 15.8 Å². The van der Waals surface area contributed by atoms with Gasteiger partial charge < -0.3 is 0 Å². The van der Waals surface area contributed by atoms with E-state index in [1.807, 2.05) is 0 Å². The highest BCUT2D eigenvalue weighted by molar-refractivity contribution is 7.92. The number of nitro groups is 1. The van der Waals surface area contributed by atoms with Crippen molar-refractivity contribution in [1.82, 2.24) is 9.78 Å². The number of halogens is 1. The zero-order valence-corrected chi connectivity index (χ0v) is 15.9. The van der Waals surface area contributed by atoms with Gasteiger partial charge in [-0.15, -0.1) is 0 Å². The van der Waals surface area contributed by atoms with Gasteiger partial charge in [0, 0.05) is 6.07 Å². The maximum atomic E-state index is 13.1. The average molecular weight is 404 g/mol. The Hall–Kier alpha value is -3.27. The van der Waals surface area contributed by atoms with Crippen molar-refractivity contribution in [3.05, 3.63) is 81.4 Å². The summed E-state index contributed by atoms with van der Waals surface area (Å²) in [6.07, 6.45) is 0. The Bertz CT molecular complexity index is 1140. The van der Waals surface area contributed by atoms with E-state index in [-0.39, 0.29) is 11.5 Å². The molecule has 0 aliphatic carbocycles. The Labute approximate surface area is 160 Å². The summed E-state index contributed by atoms with van der Waals surface area (Å²) < 4.78 is 42.5. The summed E-state index contributed by atoms with van der Waals surface area (Å²) in [6, 6.07) is 11.0. The molecule has 0 saturated carbocycles. The summed E-state index contributed by atoms with van der Waals surface area (Å²) in [5.41, 5.74) is 1.48. The highest BCUT2D eigenvalue weighted by atomic mass is 32.2. The lowest BCUT2D eigenvalue weighted by Gasteiger charge is -2.09. The van der Waals surface area contributed by atoms with Crippen LogP contribution in [0.15, 0.2) is 53.4 Å². The topological polar surface area (TPSA) is 107 Å². The van der Waals surface area contributed by atoms with Crippen LogP contribution in [0.3, 0.4) is 0 Å². The van der Waals surface area contributed by atoms with Crippen LogP contribution in [0, 0.1) is 29.8 Å². The number of hydrogen-bond acceptors (Lipinski definition) is 5. The number of hydrogen-bond donors (Lipinski definition) is 1. The van der Waals surface area contributed by atoms with Crippen LogP contribution in [-0.2, 0) is 16.6 Å². The lowest BCUT2D eigenvalue weighted by molar-refractivity contribution is -0.387. The van der Waals surface area contributed by atoms with Gasteiger partial charge >= 0.3 is 0 Å². The minimum atomic E-state index is -4.19. The number of sulfonamides is 1. The summed E-state index contributed by atoms with van der Waals surface area (Å²) in [4.78, 5) is 9.99. The number of nitrogens with one attached hydrogen (secondary N) is 1. The zero-order chi connectivity index (χ0) is 20.5. The maximum Gasteiger partial charge on any atom is 0.289 e. The highest BCUT2D eigenvalue weighted by Crippen LogP contribution is 2.28. The van der Waals surface area contributed by atoms with Gasteiger partial charge in [0.2, 0.25) is 0 Å². The molecule has 0 fully saturated rings. The standard InChI is InChI=1S/C18H17FN4O4S/c1-12-18(13(2)22(20-12)11-14-7-9-15(19)10-8-14)21-28(26,27)17-6-4-3-5-16(17)23(24)25/h3-10,21H,11H2,1-2H3. The second-order valence-electron chi connectivity index (χ2n) is 6.16. The lowest BCUT2D eigenvalue weighted by Crippen LogP contribution is -2.16. The maximum absolute atomic E-state index is 13.1. The molecule has 3 rings (SSSR count). The molecule has 0 saturated heterocycles. The Balaban J connectivity index is 1.94. The Morgan fingerprint density at radius 2 is 1.79 bits per heavy atom. The molecule has 3 aromatic rings. The van der Waals surface area contributed by atoms with E-state index in [0.29, 0.717) is 17.9 Å². The van der Waals surface area contributed by atoms with Crippen molar-refractivity contribution in [1.29, 1.82) is 0 Å². The minimum absolute atomic E-state index is 0.250. The number of aryl methyl sites for hydroxylation is 1. The number of nitrogens with zero attached hydrogens (tertiary/aromatic N) is 3. The minimum Gasteiger partial charge on any atom is -0.276 e. The molecule has 0 spiro atoms.